The second-order valence-electron chi connectivity index (χ2n) is 3.89. The molecule has 6 nitrogen and oxygen atoms in total. The molecule has 19 heavy (non-hydrogen) atoms. The van der Waals surface area contributed by atoms with Crippen LogP contribution in [0.1, 0.15) is 20.3 Å². The Hall–Kier alpha value is -0.283. The maximum Gasteiger partial charge on any atom is 0.312 e. The molecule has 0 amide bonds. The summed E-state index contributed by atoms with van der Waals surface area (Å²) in [7, 11) is 5.11. The Balaban J connectivity index is 4.81. The maximum absolute atomic E-state index is 5.71. The number of methoxy groups -OCH3 is 3. The molecule has 0 aliphatic carbocycles. The summed E-state index contributed by atoms with van der Waals surface area (Å²) in [6.07, 6.45) is 0.842. The molecule has 3 unspecified atom stereocenters. The van der Waals surface area contributed by atoms with Crippen LogP contribution < -0.4 is 0 Å². The van der Waals surface area contributed by atoms with Crippen molar-refractivity contribution in [1.29, 1.82) is 0 Å². The van der Waals surface area contributed by atoms with E-state index in [2.05, 4.69) is 6.58 Å². The van der Waals surface area contributed by atoms with Crippen LogP contribution in [-0.4, -0.2) is 56.5 Å². The monoisotopic (exact) mass is 294 g/mol. The fourth-order valence-electron chi connectivity index (χ4n) is 1.64. The smallest absolute Gasteiger partial charge is 0.312 e. The van der Waals surface area contributed by atoms with Crippen molar-refractivity contribution in [2.45, 2.75) is 44.9 Å². The minimum atomic E-state index is -1.35. The van der Waals surface area contributed by atoms with Gasteiger partial charge in [0.2, 0.25) is 0 Å². The summed E-state index contributed by atoms with van der Waals surface area (Å²) in [5.74, 6) is -1.35. The molecule has 7 heteroatoms. The average molecular weight is 294 g/mol. The molecule has 0 aliphatic heterocycles. The van der Waals surface area contributed by atoms with Crippen molar-refractivity contribution in [1.82, 2.24) is 0 Å². The molecule has 0 aliphatic rings. The lowest BCUT2D eigenvalue weighted by Gasteiger charge is -2.38. The Bertz CT molecular complexity index is 246. The largest absolute Gasteiger partial charge is 0.404 e. The minimum Gasteiger partial charge on any atom is -0.404 e. The molecule has 0 saturated carbocycles. The first-order chi connectivity index (χ1) is 8.99. The molecule has 0 fully saturated rings. The molecule has 114 valence electrons. The average Bonchev–Trinajstić information content (AvgIpc) is 2.42. The fraction of sp³-hybridized carbons (Fsp3) is 0.833. The molecule has 0 saturated heterocycles. The van der Waals surface area contributed by atoms with Gasteiger partial charge in [-0.25, -0.2) is 0 Å². The zero-order valence-electron chi connectivity index (χ0n) is 12.7. The number of rotatable bonds is 11. The maximum atomic E-state index is 5.71. The minimum absolute atomic E-state index is 0.339. The highest BCUT2D eigenvalue weighted by atomic mass is 28.2. The van der Waals surface area contributed by atoms with E-state index in [-0.39, 0.29) is 6.29 Å². The molecule has 0 N–H and O–H groups in total. The molecule has 3 atom stereocenters. The van der Waals surface area contributed by atoms with Crippen molar-refractivity contribution in [2.75, 3.05) is 21.3 Å². The predicted octanol–water partition coefficient (Wildman–Crippen LogP) is 0.546. The molecule has 0 radical (unpaired) electrons. The van der Waals surface area contributed by atoms with Crippen LogP contribution in [0.2, 0.25) is 0 Å². The van der Waals surface area contributed by atoms with Crippen LogP contribution in [-0.2, 0) is 28.1 Å². The van der Waals surface area contributed by atoms with Gasteiger partial charge in [0.1, 0.15) is 22.9 Å². The first kappa shape index (κ1) is 18.7. The zero-order valence-corrected chi connectivity index (χ0v) is 14.7. The van der Waals surface area contributed by atoms with Gasteiger partial charge in [0.05, 0.1) is 0 Å². The van der Waals surface area contributed by atoms with Crippen molar-refractivity contribution in [3.8, 4) is 0 Å². The van der Waals surface area contributed by atoms with Gasteiger partial charge in [0, 0.05) is 21.3 Å². The second-order valence-corrected chi connectivity index (χ2v) is 4.36. The lowest BCUT2D eigenvalue weighted by molar-refractivity contribution is -0.437. The van der Waals surface area contributed by atoms with Crippen LogP contribution in [0.5, 0.6) is 0 Å². The number of ether oxygens (including phenoxy) is 5. The van der Waals surface area contributed by atoms with E-state index in [1.165, 1.54) is 14.2 Å². The van der Waals surface area contributed by atoms with Crippen molar-refractivity contribution in [3.63, 3.8) is 0 Å². The lowest BCUT2D eigenvalue weighted by Crippen LogP contribution is -2.51. The molecule has 0 heterocycles. The Labute approximate surface area is 118 Å². The first-order valence-electron chi connectivity index (χ1n) is 6.09. The summed E-state index contributed by atoms with van der Waals surface area (Å²) in [6, 6.07) is 0. The third-order valence-electron chi connectivity index (χ3n) is 2.67. The fourth-order valence-corrected chi connectivity index (χ4v) is 1.75. The van der Waals surface area contributed by atoms with Crippen LogP contribution in [0.3, 0.4) is 0 Å². The summed E-state index contributed by atoms with van der Waals surface area (Å²) in [6.45, 7) is 7.22. The Morgan fingerprint density at radius 2 is 1.74 bits per heavy atom. The molecule has 0 aromatic rings. The summed E-state index contributed by atoms with van der Waals surface area (Å²) >= 11 is 0. The van der Waals surface area contributed by atoms with E-state index < -0.39 is 18.4 Å². The van der Waals surface area contributed by atoms with Crippen LogP contribution in [0.25, 0.3) is 0 Å². The predicted molar refractivity (Wildman–Crippen MR) is 74.5 cm³/mol. The van der Waals surface area contributed by atoms with Crippen molar-refractivity contribution < 1.29 is 28.1 Å². The SMILES string of the molecule is C=CCC(OC)C(OC)(OC)OC(C)OC(C)O[SiH3]. The highest BCUT2D eigenvalue weighted by molar-refractivity contribution is 5.98. The van der Waals surface area contributed by atoms with Crippen LogP contribution in [0.15, 0.2) is 12.7 Å². The van der Waals surface area contributed by atoms with E-state index in [9.17, 15) is 0 Å². The van der Waals surface area contributed by atoms with E-state index in [0.29, 0.717) is 16.9 Å². The zero-order chi connectivity index (χ0) is 14.9. The summed E-state index contributed by atoms with van der Waals surface area (Å²) in [5, 5.41) is 0. The van der Waals surface area contributed by atoms with Crippen molar-refractivity contribution >= 4 is 10.5 Å². The Kier molecular flexibility index (Phi) is 9.45. The van der Waals surface area contributed by atoms with Gasteiger partial charge in [0.25, 0.3) is 0 Å². The van der Waals surface area contributed by atoms with E-state index in [0.717, 1.165) is 0 Å². The standard InChI is InChI=1S/C12H26O6Si/c1-7-8-11(13-4)12(14-5,15-6)17-9(2)16-10(3)18-19/h7,9-11H,1,8H2,2-6,19H3. The molecular formula is C12H26O6Si. The quantitative estimate of drug-likeness (QED) is 0.315. The highest BCUT2D eigenvalue weighted by Crippen LogP contribution is 2.26. The summed E-state index contributed by atoms with van der Waals surface area (Å²) in [4.78, 5) is 0. The molecule has 0 aromatic heterocycles. The molecule has 0 spiro atoms. The molecule has 0 aromatic carbocycles. The van der Waals surface area contributed by atoms with Gasteiger partial charge < -0.3 is 23.4 Å². The number of hydrogen-bond acceptors (Lipinski definition) is 6. The lowest BCUT2D eigenvalue weighted by atomic mass is 10.2. The van der Waals surface area contributed by atoms with E-state index in [4.69, 9.17) is 28.1 Å². The normalized spacial score (nSPS) is 17.1. The third-order valence-corrected chi connectivity index (χ3v) is 3.34. The van der Waals surface area contributed by atoms with E-state index in [1.54, 1.807) is 27.0 Å². The van der Waals surface area contributed by atoms with Crippen LogP contribution in [0, 0.1) is 0 Å². The highest BCUT2D eigenvalue weighted by Gasteiger charge is 2.43. The summed E-state index contributed by atoms with van der Waals surface area (Å²) in [5.41, 5.74) is 0. The Morgan fingerprint density at radius 3 is 2.11 bits per heavy atom. The third kappa shape index (κ3) is 5.70. The van der Waals surface area contributed by atoms with Gasteiger partial charge in [0.15, 0.2) is 6.29 Å². The van der Waals surface area contributed by atoms with Crippen LogP contribution >= 0.6 is 0 Å². The summed E-state index contributed by atoms with van der Waals surface area (Å²) < 4.78 is 32.4. The van der Waals surface area contributed by atoms with Gasteiger partial charge in [-0.05, 0) is 20.3 Å². The van der Waals surface area contributed by atoms with E-state index in [1.807, 2.05) is 0 Å². The van der Waals surface area contributed by atoms with Gasteiger partial charge in [-0.1, -0.05) is 6.08 Å². The van der Waals surface area contributed by atoms with Gasteiger partial charge in [-0.3, -0.25) is 4.74 Å². The van der Waals surface area contributed by atoms with E-state index >= 15 is 0 Å². The van der Waals surface area contributed by atoms with Crippen molar-refractivity contribution in [3.05, 3.63) is 12.7 Å². The molecule has 0 rings (SSSR count). The van der Waals surface area contributed by atoms with Crippen LogP contribution in [0.4, 0.5) is 0 Å². The van der Waals surface area contributed by atoms with Gasteiger partial charge in [-0.15, -0.1) is 6.58 Å². The van der Waals surface area contributed by atoms with Gasteiger partial charge in [-0.2, -0.15) is 0 Å². The molecular weight excluding hydrogens is 268 g/mol. The van der Waals surface area contributed by atoms with Gasteiger partial charge >= 0.3 is 5.97 Å². The second kappa shape index (κ2) is 9.59. The molecule has 0 bridgehead atoms. The Morgan fingerprint density at radius 1 is 1.16 bits per heavy atom. The number of hydrogen-bond donors (Lipinski definition) is 0. The van der Waals surface area contributed by atoms with Crippen molar-refractivity contribution in [2.24, 2.45) is 0 Å². The topological polar surface area (TPSA) is 55.4 Å². The first-order valence-corrected chi connectivity index (χ1v) is 6.91.